The summed E-state index contributed by atoms with van der Waals surface area (Å²) >= 11 is 0. The zero-order valence-corrected chi connectivity index (χ0v) is 15.8. The molecule has 0 aromatic heterocycles. The third-order valence-corrected chi connectivity index (χ3v) is 5.73. The van der Waals surface area contributed by atoms with Crippen LogP contribution >= 0.6 is 0 Å². The molecule has 2 heterocycles. The molecule has 4 rings (SSSR count). The minimum atomic E-state index is -0.0412. The van der Waals surface area contributed by atoms with Crippen molar-refractivity contribution in [1.82, 2.24) is 0 Å². The largest absolute Gasteiger partial charge is 0.862 e. The van der Waals surface area contributed by atoms with Gasteiger partial charge < -0.3 is 9.84 Å². The number of rotatable bonds is 7. The molecular formula is C20H28N5O2+. The van der Waals surface area contributed by atoms with Gasteiger partial charge in [-0.1, -0.05) is 25.3 Å². The highest BCUT2D eigenvalue weighted by molar-refractivity contribution is 5.79. The minimum Gasteiger partial charge on any atom is -0.862 e. The van der Waals surface area contributed by atoms with E-state index in [2.05, 4.69) is 25.3 Å². The highest BCUT2D eigenvalue weighted by Gasteiger charge is 2.40. The molecule has 0 saturated heterocycles. The zero-order chi connectivity index (χ0) is 18.5. The summed E-state index contributed by atoms with van der Waals surface area (Å²) in [5, 5.41) is 23.0. The van der Waals surface area contributed by atoms with Gasteiger partial charge in [0.25, 0.3) is 0 Å². The van der Waals surface area contributed by atoms with E-state index in [0.29, 0.717) is 18.9 Å². The van der Waals surface area contributed by atoms with Crippen LogP contribution in [0.5, 0.6) is 5.75 Å². The van der Waals surface area contributed by atoms with Crippen LogP contribution in [-0.2, 0) is 6.42 Å². The van der Waals surface area contributed by atoms with E-state index in [-0.39, 0.29) is 12.1 Å². The Morgan fingerprint density at radius 1 is 1.15 bits per heavy atom. The van der Waals surface area contributed by atoms with Crippen LogP contribution < -0.4 is 15.0 Å². The van der Waals surface area contributed by atoms with Crippen molar-refractivity contribution in [2.75, 3.05) is 13.2 Å². The number of fused-ring (bicyclic) bond motifs is 1. The molecule has 1 saturated carbocycles. The molecule has 0 bridgehead atoms. The average molecular weight is 370 g/mol. The first-order valence-electron chi connectivity index (χ1n) is 10.2. The molecule has 7 heteroatoms. The van der Waals surface area contributed by atoms with Crippen LogP contribution in [0.1, 0.15) is 56.9 Å². The second-order valence-electron chi connectivity index (χ2n) is 7.68. The van der Waals surface area contributed by atoms with Crippen molar-refractivity contribution in [3.63, 3.8) is 0 Å². The Hall–Kier alpha value is -2.31. The SMILES string of the molecule is [O-]C1=Nc2cc(OCCCC[N+]3=NN=[NH+]C3C3CCCCC3)ccc2CC1. The summed E-state index contributed by atoms with van der Waals surface area (Å²) in [6.07, 6.45) is 10.1. The standard InChI is InChI=1S/C20H27N5O2/c26-19-11-9-15-8-10-17(14-18(15)21-19)27-13-5-4-12-25-20(22-23-24-25)16-6-2-1-3-7-16/h8,10,14,16,20H,1-7,9,11-13H2/p+1. The monoisotopic (exact) mass is 370 g/mol. The smallest absolute Gasteiger partial charge is 0.385 e. The van der Waals surface area contributed by atoms with E-state index in [1.807, 2.05) is 18.2 Å². The topological polar surface area (TPSA) is 86.3 Å². The maximum atomic E-state index is 11.5. The molecule has 2 aliphatic heterocycles. The second-order valence-corrected chi connectivity index (χ2v) is 7.68. The quantitative estimate of drug-likeness (QED) is 0.588. The van der Waals surface area contributed by atoms with Crippen LogP contribution in [0.25, 0.3) is 0 Å². The number of hydrogen-bond acceptors (Lipinski definition) is 5. The fraction of sp³-hybridized carbons (Fsp3) is 0.650. The fourth-order valence-corrected chi connectivity index (χ4v) is 4.19. The molecule has 1 aromatic carbocycles. The Bertz CT molecular complexity index is 753. The molecule has 1 N–H and O–H groups in total. The Balaban J connectivity index is 1.20. The molecule has 1 aromatic rings. The third kappa shape index (κ3) is 4.51. The van der Waals surface area contributed by atoms with Gasteiger partial charge in [0.15, 0.2) is 0 Å². The lowest BCUT2D eigenvalue weighted by molar-refractivity contribution is -0.785. The average Bonchev–Trinajstić information content (AvgIpc) is 3.16. The molecule has 1 aliphatic carbocycles. The van der Waals surface area contributed by atoms with Gasteiger partial charge >= 0.3 is 16.6 Å². The number of aliphatic imine (C=N–C) groups is 1. The van der Waals surface area contributed by atoms with E-state index in [9.17, 15) is 5.11 Å². The molecule has 1 atom stereocenters. The molecule has 0 amide bonds. The number of ether oxygens (including phenoxy) is 1. The van der Waals surface area contributed by atoms with Crippen LogP contribution in [-0.4, -0.2) is 29.9 Å². The molecule has 144 valence electrons. The summed E-state index contributed by atoms with van der Waals surface area (Å²) < 4.78 is 7.97. The van der Waals surface area contributed by atoms with Crippen LogP contribution in [0, 0.1) is 5.92 Å². The summed E-state index contributed by atoms with van der Waals surface area (Å²) in [5.41, 5.74) is 1.89. The molecule has 1 unspecified atom stereocenters. The van der Waals surface area contributed by atoms with Gasteiger partial charge in [0.05, 0.1) is 12.3 Å². The maximum absolute atomic E-state index is 11.5. The highest BCUT2D eigenvalue weighted by Crippen LogP contribution is 2.29. The summed E-state index contributed by atoms with van der Waals surface area (Å²) in [6.45, 7) is 1.55. The number of aryl methyl sites for hydroxylation is 1. The van der Waals surface area contributed by atoms with Crippen molar-refractivity contribution in [3.05, 3.63) is 23.8 Å². The lowest BCUT2D eigenvalue weighted by atomic mass is 9.87. The molecule has 0 spiro atoms. The van der Waals surface area contributed by atoms with Crippen LogP contribution in [0.2, 0.25) is 0 Å². The van der Waals surface area contributed by atoms with Crippen molar-refractivity contribution in [2.45, 2.75) is 64.0 Å². The predicted molar refractivity (Wildman–Crippen MR) is 97.9 cm³/mol. The van der Waals surface area contributed by atoms with E-state index >= 15 is 0 Å². The van der Waals surface area contributed by atoms with Crippen molar-refractivity contribution in [3.8, 4) is 5.75 Å². The predicted octanol–water partition coefficient (Wildman–Crippen LogP) is 2.01. The Morgan fingerprint density at radius 3 is 2.93 bits per heavy atom. The summed E-state index contributed by atoms with van der Waals surface area (Å²) in [5.74, 6) is 1.40. The lowest BCUT2D eigenvalue weighted by Crippen LogP contribution is -2.77. The Kier molecular flexibility index (Phi) is 5.75. The van der Waals surface area contributed by atoms with E-state index in [4.69, 9.17) is 4.74 Å². The molecule has 0 radical (unpaired) electrons. The lowest BCUT2D eigenvalue weighted by Gasteiger charge is -2.20. The van der Waals surface area contributed by atoms with E-state index < -0.39 is 0 Å². The van der Waals surface area contributed by atoms with Gasteiger partial charge in [0, 0.05) is 12.0 Å². The molecular weight excluding hydrogens is 342 g/mol. The van der Waals surface area contributed by atoms with Crippen molar-refractivity contribution in [2.24, 2.45) is 21.4 Å². The van der Waals surface area contributed by atoms with Crippen LogP contribution in [0.4, 0.5) is 5.69 Å². The van der Waals surface area contributed by atoms with Gasteiger partial charge in [-0.15, -0.1) is 0 Å². The van der Waals surface area contributed by atoms with Gasteiger partial charge in [-0.2, -0.15) is 0 Å². The summed E-state index contributed by atoms with van der Waals surface area (Å²) in [7, 11) is 0. The van der Waals surface area contributed by atoms with Crippen molar-refractivity contribution >= 4 is 11.6 Å². The van der Waals surface area contributed by atoms with E-state index in [1.54, 1.807) is 0 Å². The first-order valence-corrected chi connectivity index (χ1v) is 10.2. The summed E-state index contributed by atoms with van der Waals surface area (Å²) in [6, 6.07) is 5.87. The van der Waals surface area contributed by atoms with Gasteiger partial charge in [-0.25, -0.2) is 0 Å². The summed E-state index contributed by atoms with van der Waals surface area (Å²) in [4.78, 5) is 4.10. The zero-order valence-electron chi connectivity index (χ0n) is 15.8. The Morgan fingerprint density at radius 2 is 2.04 bits per heavy atom. The fourth-order valence-electron chi connectivity index (χ4n) is 4.19. The van der Waals surface area contributed by atoms with Crippen LogP contribution in [0.15, 0.2) is 33.6 Å². The van der Waals surface area contributed by atoms with Crippen LogP contribution in [0.3, 0.4) is 0 Å². The normalized spacial score (nSPS) is 22.3. The number of unbranched alkanes of at least 4 members (excludes halogenated alkanes) is 1. The number of nitrogens with one attached hydrogen (secondary N) is 1. The third-order valence-electron chi connectivity index (χ3n) is 5.73. The number of nitrogens with zero attached hydrogens (tertiary/aromatic N) is 4. The molecule has 3 aliphatic rings. The number of hydrogen-bond donors (Lipinski definition) is 1. The van der Waals surface area contributed by atoms with Gasteiger partial charge in [-0.3, -0.25) is 4.99 Å². The van der Waals surface area contributed by atoms with Crippen molar-refractivity contribution < 1.29 is 19.7 Å². The van der Waals surface area contributed by atoms with Gasteiger partial charge in [0.2, 0.25) is 0 Å². The number of benzene rings is 1. The molecule has 27 heavy (non-hydrogen) atoms. The Labute approximate surface area is 159 Å². The molecule has 1 fully saturated rings. The van der Waals surface area contributed by atoms with E-state index in [1.165, 1.54) is 32.1 Å². The minimum absolute atomic E-state index is 0.0412. The van der Waals surface area contributed by atoms with Gasteiger partial charge in [-0.05, 0) is 65.9 Å². The van der Waals surface area contributed by atoms with E-state index in [0.717, 1.165) is 42.8 Å². The van der Waals surface area contributed by atoms with Crippen molar-refractivity contribution in [1.29, 1.82) is 0 Å². The van der Waals surface area contributed by atoms with Gasteiger partial charge in [0.1, 0.15) is 12.3 Å². The first-order chi connectivity index (χ1) is 13.3. The highest BCUT2D eigenvalue weighted by atomic mass is 16.5. The maximum Gasteiger partial charge on any atom is 0.385 e. The first kappa shape index (κ1) is 18.1. The molecule has 7 nitrogen and oxygen atoms in total. The second kappa shape index (κ2) is 8.59.